The smallest absolute Gasteiger partial charge is 0.239 e. The predicted molar refractivity (Wildman–Crippen MR) is 96.7 cm³/mol. The van der Waals surface area contributed by atoms with Crippen molar-refractivity contribution in [2.45, 2.75) is 59.0 Å². The van der Waals surface area contributed by atoms with Crippen LogP contribution in [0.25, 0.3) is 0 Å². The third kappa shape index (κ3) is 3.63. The van der Waals surface area contributed by atoms with Crippen molar-refractivity contribution in [1.82, 2.24) is 9.80 Å². The van der Waals surface area contributed by atoms with E-state index in [0.717, 1.165) is 19.6 Å². The van der Waals surface area contributed by atoms with Gasteiger partial charge in [0.15, 0.2) is 0 Å². The molecule has 0 aliphatic carbocycles. The average Bonchev–Trinajstić information content (AvgIpc) is 3.13. The summed E-state index contributed by atoms with van der Waals surface area (Å²) in [6, 6.07) is 4.90. The third-order valence-corrected chi connectivity index (χ3v) is 6.52. The van der Waals surface area contributed by atoms with Crippen LogP contribution in [0, 0.1) is 18.8 Å². The Morgan fingerprint density at radius 1 is 1.26 bits per heavy atom. The number of hydrogen-bond acceptors (Lipinski definition) is 3. The minimum atomic E-state index is 0.00223. The summed E-state index contributed by atoms with van der Waals surface area (Å²) >= 11 is 1.89. The lowest BCUT2D eigenvalue weighted by Crippen LogP contribution is -2.51. The van der Waals surface area contributed by atoms with E-state index in [2.05, 4.69) is 49.6 Å². The minimum Gasteiger partial charge on any atom is -0.341 e. The molecule has 0 spiro atoms. The van der Waals surface area contributed by atoms with E-state index in [4.69, 9.17) is 0 Å². The molecule has 1 aromatic heterocycles. The molecular formula is C19H30N2OS. The summed E-state index contributed by atoms with van der Waals surface area (Å²) in [5.41, 5.74) is 0. The van der Waals surface area contributed by atoms with Crippen LogP contribution in [0.5, 0.6) is 0 Å². The Bertz CT molecular complexity index is 545. The van der Waals surface area contributed by atoms with Gasteiger partial charge in [-0.15, -0.1) is 11.3 Å². The molecule has 4 heteroatoms. The molecule has 23 heavy (non-hydrogen) atoms. The Morgan fingerprint density at radius 2 is 1.96 bits per heavy atom. The minimum absolute atomic E-state index is 0.00223. The molecule has 3 rings (SSSR count). The number of likely N-dealkylation sites (tertiary alicyclic amines) is 2. The first-order valence-corrected chi connectivity index (χ1v) is 9.88. The van der Waals surface area contributed by atoms with Crippen molar-refractivity contribution in [3.63, 3.8) is 0 Å². The van der Waals surface area contributed by atoms with Crippen LogP contribution in [0.2, 0.25) is 0 Å². The van der Waals surface area contributed by atoms with Gasteiger partial charge in [-0.25, -0.2) is 0 Å². The number of hydrogen-bond donors (Lipinski definition) is 0. The van der Waals surface area contributed by atoms with Crippen molar-refractivity contribution in [2.24, 2.45) is 11.8 Å². The maximum absolute atomic E-state index is 13.0. The van der Waals surface area contributed by atoms with E-state index in [-0.39, 0.29) is 6.04 Å². The molecular weight excluding hydrogens is 304 g/mol. The predicted octanol–water partition coefficient (Wildman–Crippen LogP) is 4.09. The fourth-order valence-corrected chi connectivity index (χ4v) is 5.47. The van der Waals surface area contributed by atoms with Gasteiger partial charge in [-0.3, -0.25) is 9.69 Å². The summed E-state index contributed by atoms with van der Waals surface area (Å²) in [5.74, 6) is 1.59. The van der Waals surface area contributed by atoms with Crippen molar-refractivity contribution in [2.75, 3.05) is 19.6 Å². The van der Waals surface area contributed by atoms with E-state index in [1.807, 2.05) is 11.3 Å². The summed E-state index contributed by atoms with van der Waals surface area (Å²) in [5, 5.41) is 0. The molecule has 0 N–H and O–H groups in total. The van der Waals surface area contributed by atoms with E-state index >= 15 is 0 Å². The first kappa shape index (κ1) is 17.0. The highest BCUT2D eigenvalue weighted by molar-refractivity contribution is 7.12. The van der Waals surface area contributed by atoms with Crippen LogP contribution in [0.15, 0.2) is 12.1 Å². The molecule has 2 aliphatic heterocycles. The molecule has 0 bridgehead atoms. The summed E-state index contributed by atoms with van der Waals surface area (Å²) in [6.45, 7) is 11.7. The Hall–Kier alpha value is -0.870. The molecule has 0 radical (unpaired) electrons. The molecule has 0 saturated carbocycles. The fourth-order valence-electron chi connectivity index (χ4n) is 4.44. The zero-order valence-corrected chi connectivity index (χ0v) is 15.7. The fraction of sp³-hybridized carbons (Fsp3) is 0.737. The lowest BCUT2D eigenvalue weighted by molar-refractivity contribution is -0.139. The van der Waals surface area contributed by atoms with Gasteiger partial charge in [0.2, 0.25) is 5.91 Å². The molecule has 2 fully saturated rings. The quantitative estimate of drug-likeness (QED) is 0.831. The van der Waals surface area contributed by atoms with E-state index < -0.39 is 0 Å². The van der Waals surface area contributed by atoms with Gasteiger partial charge in [0.25, 0.3) is 0 Å². The Labute approximate surface area is 144 Å². The number of carbonyl (C=O) groups is 1. The third-order valence-electron chi connectivity index (χ3n) is 5.42. The summed E-state index contributed by atoms with van der Waals surface area (Å²) in [6.07, 6.45) is 3.63. The van der Waals surface area contributed by atoms with Crippen molar-refractivity contribution in [3.8, 4) is 0 Å². The summed E-state index contributed by atoms with van der Waals surface area (Å²) in [7, 11) is 0. The normalized spacial score (nSPS) is 30.6. The Kier molecular flexibility index (Phi) is 5.12. The molecule has 4 atom stereocenters. The van der Waals surface area contributed by atoms with Gasteiger partial charge in [0.05, 0.1) is 6.04 Å². The standard InChI is InChI=1S/C19H30N2OS/c1-13-10-14(2)12-20(11-13)19(22)16(4)21-9-5-6-17(21)18-8-7-15(3)23-18/h7-8,13-14,16-17H,5-6,9-12H2,1-4H3. The van der Waals surface area contributed by atoms with Gasteiger partial charge in [0.1, 0.15) is 0 Å². The second-order valence-corrected chi connectivity index (χ2v) is 9.03. The second-order valence-electron chi connectivity index (χ2n) is 7.71. The first-order chi connectivity index (χ1) is 11.0. The van der Waals surface area contributed by atoms with Gasteiger partial charge >= 0.3 is 0 Å². The maximum Gasteiger partial charge on any atom is 0.239 e. The monoisotopic (exact) mass is 334 g/mol. The average molecular weight is 335 g/mol. The Morgan fingerprint density at radius 3 is 2.57 bits per heavy atom. The Balaban J connectivity index is 1.71. The van der Waals surface area contributed by atoms with Crippen LogP contribution in [0.3, 0.4) is 0 Å². The molecule has 3 nitrogen and oxygen atoms in total. The SMILES string of the molecule is Cc1ccc(C2CCCN2C(C)C(=O)N2CC(C)CC(C)C2)s1. The molecule has 3 heterocycles. The van der Waals surface area contributed by atoms with Crippen LogP contribution >= 0.6 is 11.3 Å². The number of thiophene rings is 1. The van der Waals surface area contributed by atoms with Crippen LogP contribution in [0.4, 0.5) is 0 Å². The van der Waals surface area contributed by atoms with Gasteiger partial charge in [-0.2, -0.15) is 0 Å². The molecule has 2 aliphatic rings. The molecule has 1 amide bonds. The highest BCUT2D eigenvalue weighted by atomic mass is 32.1. The summed E-state index contributed by atoms with van der Waals surface area (Å²) in [4.78, 5) is 20.4. The van der Waals surface area contributed by atoms with E-state index in [1.165, 1.54) is 29.0 Å². The lowest BCUT2D eigenvalue weighted by Gasteiger charge is -2.39. The number of amides is 1. The number of piperidine rings is 1. The van der Waals surface area contributed by atoms with Crippen molar-refractivity contribution >= 4 is 17.2 Å². The van der Waals surface area contributed by atoms with E-state index in [9.17, 15) is 4.79 Å². The highest BCUT2D eigenvalue weighted by Gasteiger charge is 2.36. The van der Waals surface area contributed by atoms with E-state index in [1.54, 1.807) is 0 Å². The van der Waals surface area contributed by atoms with Crippen LogP contribution < -0.4 is 0 Å². The van der Waals surface area contributed by atoms with Crippen molar-refractivity contribution < 1.29 is 4.79 Å². The van der Waals surface area contributed by atoms with Crippen molar-refractivity contribution in [3.05, 3.63) is 21.9 Å². The van der Waals surface area contributed by atoms with Crippen LogP contribution in [-0.4, -0.2) is 41.4 Å². The molecule has 1 aromatic rings. The zero-order chi connectivity index (χ0) is 16.6. The molecule has 2 saturated heterocycles. The zero-order valence-electron chi connectivity index (χ0n) is 14.9. The van der Waals surface area contributed by atoms with Crippen LogP contribution in [0.1, 0.15) is 55.8 Å². The largest absolute Gasteiger partial charge is 0.341 e. The first-order valence-electron chi connectivity index (χ1n) is 9.06. The van der Waals surface area contributed by atoms with Gasteiger partial charge in [-0.05, 0) is 63.6 Å². The lowest BCUT2D eigenvalue weighted by atomic mass is 9.91. The number of nitrogens with zero attached hydrogens (tertiary/aromatic N) is 2. The molecule has 128 valence electrons. The van der Waals surface area contributed by atoms with Crippen molar-refractivity contribution in [1.29, 1.82) is 0 Å². The van der Waals surface area contributed by atoms with Gasteiger partial charge in [0, 0.05) is 28.9 Å². The summed E-state index contributed by atoms with van der Waals surface area (Å²) < 4.78 is 0. The maximum atomic E-state index is 13.0. The van der Waals surface area contributed by atoms with Gasteiger partial charge in [-0.1, -0.05) is 13.8 Å². The molecule has 0 aromatic carbocycles. The molecule has 4 unspecified atom stereocenters. The van der Waals surface area contributed by atoms with Gasteiger partial charge < -0.3 is 4.90 Å². The van der Waals surface area contributed by atoms with Crippen LogP contribution in [-0.2, 0) is 4.79 Å². The number of aryl methyl sites for hydroxylation is 1. The topological polar surface area (TPSA) is 23.6 Å². The number of rotatable bonds is 3. The highest BCUT2D eigenvalue weighted by Crippen LogP contribution is 2.37. The van der Waals surface area contributed by atoms with E-state index in [0.29, 0.717) is 23.8 Å². The number of carbonyl (C=O) groups excluding carboxylic acids is 1. The second kappa shape index (κ2) is 6.94.